The van der Waals surface area contributed by atoms with E-state index in [1.54, 1.807) is 11.3 Å². The lowest BCUT2D eigenvalue weighted by Gasteiger charge is -2.13. The number of hydrogen-bond acceptors (Lipinski definition) is 3. The van der Waals surface area contributed by atoms with Gasteiger partial charge >= 0.3 is 0 Å². The summed E-state index contributed by atoms with van der Waals surface area (Å²) in [7, 11) is 0. The molecule has 0 bridgehead atoms. The summed E-state index contributed by atoms with van der Waals surface area (Å²) < 4.78 is 5.65. The molecule has 2 aromatic heterocycles. The predicted octanol–water partition coefficient (Wildman–Crippen LogP) is 6.83. The van der Waals surface area contributed by atoms with Gasteiger partial charge in [0.25, 0.3) is 5.56 Å². The quantitative estimate of drug-likeness (QED) is 0.258. The van der Waals surface area contributed by atoms with E-state index in [2.05, 4.69) is 47.1 Å². The second-order valence-corrected chi connectivity index (χ2v) is 9.82. The monoisotopic (exact) mass is 492 g/mol. The molecule has 5 aromatic rings. The van der Waals surface area contributed by atoms with Gasteiger partial charge in [0, 0.05) is 4.47 Å². The fourth-order valence-corrected chi connectivity index (χ4v) is 5.42. The van der Waals surface area contributed by atoms with Gasteiger partial charge in [0.2, 0.25) is 0 Å². The summed E-state index contributed by atoms with van der Waals surface area (Å²) in [4.78, 5) is 14.6. The number of thiazole rings is 1. The Morgan fingerprint density at radius 3 is 2.40 bits per heavy atom. The van der Waals surface area contributed by atoms with Gasteiger partial charge in [-0.1, -0.05) is 70.0 Å². The average Bonchev–Trinajstić information content (AvgIpc) is 3.10. The van der Waals surface area contributed by atoms with Crippen LogP contribution in [0.3, 0.4) is 0 Å². The number of aryl methyl sites for hydroxylation is 1. The first-order chi connectivity index (χ1) is 14.5. The number of fused-ring (bicyclic) bond motifs is 3. The molecule has 0 aliphatic heterocycles. The maximum Gasteiger partial charge on any atom is 0.261 e. The van der Waals surface area contributed by atoms with Crippen molar-refractivity contribution in [3.05, 3.63) is 103 Å². The molecule has 0 radical (unpaired) electrons. The topological polar surface area (TPSA) is 26.4 Å². The standard InChI is InChI=1S/C24H17BrN2OS2/c1-15-6-10-17(11-7-15)21-22-26(14-16-8-12-18(25)13-9-16)23(28)19-4-2-3-5-20(19)27(22)24(29)30-21/h2-13H,14H2,1H3. The third-order valence-electron chi connectivity index (χ3n) is 5.23. The summed E-state index contributed by atoms with van der Waals surface area (Å²) in [5.41, 5.74) is 5.02. The van der Waals surface area contributed by atoms with Crippen LogP contribution in [-0.4, -0.2) is 8.97 Å². The summed E-state index contributed by atoms with van der Waals surface area (Å²) in [6, 6.07) is 24.1. The molecule has 0 fully saturated rings. The maximum absolute atomic E-state index is 13.6. The number of para-hydroxylation sites is 1. The van der Waals surface area contributed by atoms with E-state index >= 15 is 0 Å². The van der Waals surface area contributed by atoms with Crippen LogP contribution in [0.5, 0.6) is 0 Å². The Balaban J connectivity index is 1.89. The van der Waals surface area contributed by atoms with Crippen molar-refractivity contribution in [2.75, 3.05) is 0 Å². The minimum Gasteiger partial charge on any atom is -0.288 e. The molecule has 0 aliphatic rings. The van der Waals surface area contributed by atoms with Crippen LogP contribution in [0.25, 0.3) is 27.0 Å². The second kappa shape index (κ2) is 7.61. The normalized spacial score (nSPS) is 11.4. The van der Waals surface area contributed by atoms with Crippen molar-refractivity contribution in [1.29, 1.82) is 0 Å². The zero-order chi connectivity index (χ0) is 20.8. The lowest BCUT2D eigenvalue weighted by molar-refractivity contribution is 0.780. The lowest BCUT2D eigenvalue weighted by atomic mass is 10.1. The van der Waals surface area contributed by atoms with Crippen molar-refractivity contribution >= 4 is 56.0 Å². The van der Waals surface area contributed by atoms with Crippen LogP contribution in [0.15, 0.2) is 82.1 Å². The number of aromatic nitrogens is 2. The van der Waals surface area contributed by atoms with Crippen molar-refractivity contribution in [3.8, 4) is 10.4 Å². The van der Waals surface area contributed by atoms with E-state index in [-0.39, 0.29) is 5.56 Å². The van der Waals surface area contributed by atoms with Gasteiger partial charge in [-0.05, 0) is 54.5 Å². The first kappa shape index (κ1) is 19.4. The number of nitrogens with zero attached hydrogens (tertiary/aromatic N) is 2. The molecule has 30 heavy (non-hydrogen) atoms. The van der Waals surface area contributed by atoms with Gasteiger partial charge in [-0.2, -0.15) is 0 Å². The third-order valence-corrected chi connectivity index (χ3v) is 7.17. The van der Waals surface area contributed by atoms with Gasteiger partial charge in [-0.3, -0.25) is 13.8 Å². The Morgan fingerprint density at radius 1 is 0.967 bits per heavy atom. The van der Waals surface area contributed by atoms with Crippen LogP contribution in [0, 0.1) is 10.9 Å². The van der Waals surface area contributed by atoms with Crippen molar-refractivity contribution in [1.82, 2.24) is 8.97 Å². The van der Waals surface area contributed by atoms with Crippen molar-refractivity contribution < 1.29 is 0 Å². The molecule has 3 aromatic carbocycles. The molecule has 0 atom stereocenters. The van der Waals surface area contributed by atoms with Crippen LogP contribution in [-0.2, 0) is 6.54 Å². The summed E-state index contributed by atoms with van der Waals surface area (Å²) in [6.45, 7) is 2.55. The van der Waals surface area contributed by atoms with Crippen LogP contribution >= 0.6 is 39.5 Å². The first-order valence-electron chi connectivity index (χ1n) is 9.51. The Morgan fingerprint density at radius 2 is 1.67 bits per heavy atom. The molecule has 0 spiro atoms. The Kier molecular flexibility index (Phi) is 4.93. The molecular weight excluding hydrogens is 476 g/mol. The van der Waals surface area contributed by atoms with Crippen LogP contribution in [0.2, 0.25) is 0 Å². The minimum atomic E-state index is -0.00493. The highest BCUT2D eigenvalue weighted by Crippen LogP contribution is 2.33. The molecule has 148 valence electrons. The molecule has 2 heterocycles. The minimum absolute atomic E-state index is 0.00493. The Bertz CT molecular complexity index is 1510. The smallest absolute Gasteiger partial charge is 0.261 e. The van der Waals surface area contributed by atoms with E-state index in [0.29, 0.717) is 11.9 Å². The summed E-state index contributed by atoms with van der Waals surface area (Å²) in [6.07, 6.45) is 0. The second-order valence-electron chi connectivity index (χ2n) is 7.26. The van der Waals surface area contributed by atoms with Gasteiger partial charge in [-0.15, -0.1) is 11.3 Å². The van der Waals surface area contributed by atoms with Crippen LogP contribution in [0.1, 0.15) is 11.1 Å². The van der Waals surface area contributed by atoms with E-state index in [1.165, 1.54) is 5.56 Å². The summed E-state index contributed by atoms with van der Waals surface area (Å²) in [5, 5.41) is 0.673. The largest absolute Gasteiger partial charge is 0.288 e. The Hall–Kier alpha value is -2.54. The third kappa shape index (κ3) is 3.25. The number of hydrogen-bond donors (Lipinski definition) is 0. The molecule has 0 N–H and O–H groups in total. The van der Waals surface area contributed by atoms with E-state index in [0.717, 1.165) is 35.6 Å². The average molecular weight is 493 g/mol. The molecule has 0 aliphatic carbocycles. The number of rotatable bonds is 3. The van der Waals surface area contributed by atoms with Crippen molar-refractivity contribution in [3.63, 3.8) is 0 Å². The van der Waals surface area contributed by atoms with Crippen LogP contribution in [0.4, 0.5) is 0 Å². The van der Waals surface area contributed by atoms with E-state index in [4.69, 9.17) is 12.2 Å². The highest BCUT2D eigenvalue weighted by molar-refractivity contribution is 9.10. The van der Waals surface area contributed by atoms with Gasteiger partial charge in [0.1, 0.15) is 5.65 Å². The fraction of sp³-hybridized carbons (Fsp3) is 0.0833. The summed E-state index contributed by atoms with van der Waals surface area (Å²) >= 11 is 10.8. The highest BCUT2D eigenvalue weighted by Gasteiger charge is 2.18. The first-order valence-corrected chi connectivity index (χ1v) is 11.5. The fourth-order valence-electron chi connectivity index (χ4n) is 3.73. The molecule has 0 amide bonds. The highest BCUT2D eigenvalue weighted by atomic mass is 79.9. The van der Waals surface area contributed by atoms with E-state index in [9.17, 15) is 4.79 Å². The van der Waals surface area contributed by atoms with Gasteiger partial charge < -0.3 is 0 Å². The number of benzene rings is 3. The van der Waals surface area contributed by atoms with Crippen molar-refractivity contribution in [2.24, 2.45) is 0 Å². The molecule has 0 unspecified atom stereocenters. The molecule has 5 rings (SSSR count). The SMILES string of the molecule is Cc1ccc(-c2sc(=S)n3c4ccccc4c(=O)n(Cc4ccc(Br)cc4)c23)cc1. The van der Waals surface area contributed by atoms with Crippen molar-refractivity contribution in [2.45, 2.75) is 13.5 Å². The molecule has 3 nitrogen and oxygen atoms in total. The molecular formula is C24H17BrN2OS2. The zero-order valence-electron chi connectivity index (χ0n) is 16.1. The van der Waals surface area contributed by atoms with E-state index in [1.807, 2.05) is 57.5 Å². The maximum atomic E-state index is 13.6. The molecule has 0 saturated carbocycles. The Labute approximate surface area is 191 Å². The van der Waals surface area contributed by atoms with Crippen LogP contribution < -0.4 is 5.56 Å². The molecule has 6 heteroatoms. The summed E-state index contributed by atoms with van der Waals surface area (Å²) in [5.74, 6) is 0. The number of halogens is 1. The van der Waals surface area contributed by atoms with Gasteiger partial charge in [0.05, 0.1) is 22.3 Å². The lowest BCUT2D eigenvalue weighted by Crippen LogP contribution is -2.23. The van der Waals surface area contributed by atoms with Gasteiger partial charge in [0.15, 0.2) is 3.95 Å². The van der Waals surface area contributed by atoms with E-state index < -0.39 is 0 Å². The zero-order valence-corrected chi connectivity index (χ0v) is 19.4. The predicted molar refractivity (Wildman–Crippen MR) is 131 cm³/mol. The van der Waals surface area contributed by atoms with Gasteiger partial charge in [-0.25, -0.2) is 0 Å². The molecule has 0 saturated heterocycles.